The molecule has 150 valence electrons. The molecule has 2 N–H and O–H groups in total. The van der Waals surface area contributed by atoms with Crippen molar-refractivity contribution >= 4 is 34.0 Å². The van der Waals surface area contributed by atoms with Crippen LogP contribution in [0.15, 0.2) is 79.0 Å². The molecular weight excluding hydrogens is 409 g/mol. The Morgan fingerprint density at radius 2 is 1.50 bits per heavy atom. The maximum absolute atomic E-state index is 13.9. The van der Waals surface area contributed by atoms with E-state index in [2.05, 4.69) is 9.98 Å². The first-order valence-corrected chi connectivity index (χ1v) is 9.20. The van der Waals surface area contributed by atoms with Gasteiger partial charge in [0.15, 0.2) is 6.21 Å². The summed E-state index contributed by atoms with van der Waals surface area (Å²) in [5, 5.41) is 0.879. The average Bonchev–Trinajstić information content (AvgIpc) is 3.34. The van der Waals surface area contributed by atoms with Gasteiger partial charge in [0, 0.05) is 34.3 Å². The third kappa shape index (κ3) is 3.21. The quantitative estimate of drug-likeness (QED) is 0.493. The fraction of sp³-hybridized carbons (Fsp3) is 0.0417. The zero-order valence-corrected chi connectivity index (χ0v) is 16.4. The average molecular weight is 425 g/mol. The molecule has 1 aliphatic rings. The minimum absolute atomic E-state index is 0. The Labute approximate surface area is 177 Å². The lowest BCUT2D eigenvalue weighted by molar-refractivity contribution is -0.342. The third-order valence-corrected chi connectivity index (χ3v) is 5.22. The largest absolute Gasteiger partial charge is 1.00 e. The lowest BCUT2D eigenvalue weighted by Crippen LogP contribution is -3.00. The number of benzene rings is 3. The van der Waals surface area contributed by atoms with Crippen LogP contribution in [0.3, 0.4) is 0 Å². The van der Waals surface area contributed by atoms with Gasteiger partial charge in [-0.25, -0.2) is 4.99 Å². The van der Waals surface area contributed by atoms with Gasteiger partial charge in [-0.3, -0.25) is 0 Å². The molecular formula is C24H16ClF3N2. The normalized spacial score (nSPS) is 14.5. The smallest absolute Gasteiger partial charge is 0.417 e. The van der Waals surface area contributed by atoms with Crippen LogP contribution in [0, 0.1) is 0 Å². The molecule has 0 fully saturated rings. The summed E-state index contributed by atoms with van der Waals surface area (Å²) in [6.45, 7) is 0. The number of alkyl halides is 3. The Kier molecular flexibility index (Phi) is 5.00. The van der Waals surface area contributed by atoms with E-state index >= 15 is 0 Å². The number of allylic oxidation sites excluding steroid dienone is 1. The molecule has 2 nitrogen and oxygen atoms in total. The van der Waals surface area contributed by atoms with Crippen molar-refractivity contribution in [2.75, 3.05) is 0 Å². The predicted octanol–water partition coefficient (Wildman–Crippen LogP) is 1.95. The summed E-state index contributed by atoms with van der Waals surface area (Å²) in [4.78, 5) is 6.39. The number of H-pyrrole nitrogens is 1. The Balaban J connectivity index is 0.00000218. The Hall–Kier alpha value is -3.31. The molecule has 30 heavy (non-hydrogen) atoms. The molecule has 0 aliphatic carbocycles. The standard InChI is InChI=1S/C24H15F3N2.ClH/c25-24(26,27)20-10-4-1-9-17(20)23(18-13-28-21-11-5-2-7-15(18)21)19-14-29-22-12-6-3-8-16(19)22;/h1-14,28H;1H/b23-19+;. The van der Waals surface area contributed by atoms with Crippen molar-refractivity contribution in [3.05, 3.63) is 101 Å². The molecule has 2 heterocycles. The van der Waals surface area contributed by atoms with E-state index < -0.39 is 11.7 Å². The summed E-state index contributed by atoms with van der Waals surface area (Å²) in [5.74, 6) is 0. The van der Waals surface area contributed by atoms with Crippen molar-refractivity contribution < 1.29 is 30.6 Å². The number of aromatic amines is 1. The number of rotatable bonds is 2. The van der Waals surface area contributed by atoms with Gasteiger partial charge in [0.05, 0.1) is 16.7 Å². The molecule has 0 saturated carbocycles. The van der Waals surface area contributed by atoms with Gasteiger partial charge >= 0.3 is 6.18 Å². The van der Waals surface area contributed by atoms with E-state index in [0.29, 0.717) is 5.57 Å². The van der Waals surface area contributed by atoms with Gasteiger partial charge in [0.2, 0.25) is 5.69 Å². The van der Waals surface area contributed by atoms with E-state index in [1.807, 2.05) is 48.5 Å². The lowest BCUT2D eigenvalue weighted by atomic mass is 9.87. The summed E-state index contributed by atoms with van der Waals surface area (Å²) in [6, 6.07) is 21.0. The van der Waals surface area contributed by atoms with Crippen LogP contribution >= 0.6 is 0 Å². The van der Waals surface area contributed by atoms with Gasteiger partial charge in [0.25, 0.3) is 0 Å². The fourth-order valence-corrected chi connectivity index (χ4v) is 3.94. The topological polar surface area (TPSA) is 29.8 Å². The molecule has 0 amide bonds. The van der Waals surface area contributed by atoms with Crippen LogP contribution in [0.5, 0.6) is 0 Å². The number of nitrogens with one attached hydrogen (secondary N) is 2. The maximum atomic E-state index is 13.9. The van der Waals surface area contributed by atoms with Crippen LogP contribution in [0.25, 0.3) is 22.0 Å². The SMILES string of the molecule is FC(F)(F)c1ccccc1/C(=C1/C=[NH+]c2ccccc21)c1c[nH]c2ccccc12.[Cl-]. The van der Waals surface area contributed by atoms with E-state index in [9.17, 15) is 13.2 Å². The molecule has 0 saturated heterocycles. The zero-order valence-electron chi connectivity index (χ0n) is 15.6. The number of hydrogen-bond donors (Lipinski definition) is 2. The molecule has 4 aromatic rings. The van der Waals surface area contributed by atoms with Gasteiger partial charge in [-0.15, -0.1) is 0 Å². The Morgan fingerprint density at radius 3 is 2.33 bits per heavy atom. The van der Waals surface area contributed by atoms with Crippen LogP contribution in [-0.2, 0) is 6.18 Å². The lowest BCUT2D eigenvalue weighted by Gasteiger charge is -2.16. The first kappa shape index (κ1) is 20.0. The van der Waals surface area contributed by atoms with Crippen molar-refractivity contribution in [1.82, 2.24) is 4.98 Å². The molecule has 0 unspecified atom stereocenters. The summed E-state index contributed by atoms with van der Waals surface area (Å²) in [7, 11) is 0. The van der Waals surface area contributed by atoms with Gasteiger partial charge in [-0.1, -0.05) is 48.5 Å². The van der Waals surface area contributed by atoms with E-state index in [0.717, 1.165) is 39.4 Å². The van der Waals surface area contributed by atoms with Gasteiger partial charge in [-0.2, -0.15) is 13.2 Å². The van der Waals surface area contributed by atoms with Crippen molar-refractivity contribution in [2.45, 2.75) is 6.18 Å². The second-order valence-electron chi connectivity index (χ2n) is 6.91. The van der Waals surface area contributed by atoms with E-state index in [-0.39, 0.29) is 18.0 Å². The second-order valence-corrected chi connectivity index (χ2v) is 6.91. The molecule has 0 atom stereocenters. The monoisotopic (exact) mass is 424 g/mol. The molecule has 1 aromatic heterocycles. The highest BCUT2D eigenvalue weighted by molar-refractivity contribution is 6.25. The molecule has 3 aromatic carbocycles. The van der Waals surface area contributed by atoms with E-state index in [4.69, 9.17) is 0 Å². The maximum Gasteiger partial charge on any atom is 0.417 e. The van der Waals surface area contributed by atoms with Crippen molar-refractivity contribution in [3.63, 3.8) is 0 Å². The number of halogens is 4. The number of hydrogen-bond acceptors (Lipinski definition) is 0. The van der Waals surface area contributed by atoms with Gasteiger partial charge in [0.1, 0.15) is 0 Å². The van der Waals surface area contributed by atoms with Crippen LogP contribution in [0.4, 0.5) is 18.9 Å². The summed E-state index contributed by atoms with van der Waals surface area (Å²) < 4.78 is 41.7. The van der Waals surface area contributed by atoms with E-state index in [1.54, 1.807) is 24.5 Å². The first-order chi connectivity index (χ1) is 14.0. The predicted molar refractivity (Wildman–Crippen MR) is 109 cm³/mol. The van der Waals surface area contributed by atoms with Crippen molar-refractivity contribution in [2.24, 2.45) is 0 Å². The molecule has 6 heteroatoms. The molecule has 0 bridgehead atoms. The van der Waals surface area contributed by atoms with Crippen molar-refractivity contribution in [3.8, 4) is 0 Å². The Bertz CT molecular complexity index is 1300. The molecule has 0 spiro atoms. The van der Waals surface area contributed by atoms with Crippen LogP contribution in [0.1, 0.15) is 22.3 Å². The third-order valence-electron chi connectivity index (χ3n) is 5.22. The highest BCUT2D eigenvalue weighted by atomic mass is 35.5. The number of fused-ring (bicyclic) bond motifs is 2. The van der Waals surface area contributed by atoms with Gasteiger partial charge in [-0.05, 0) is 23.8 Å². The second kappa shape index (κ2) is 7.50. The van der Waals surface area contributed by atoms with Crippen LogP contribution in [-0.4, -0.2) is 11.2 Å². The van der Waals surface area contributed by atoms with Gasteiger partial charge < -0.3 is 17.4 Å². The highest BCUT2D eigenvalue weighted by Gasteiger charge is 2.36. The van der Waals surface area contributed by atoms with Crippen LogP contribution < -0.4 is 17.4 Å². The van der Waals surface area contributed by atoms with Crippen LogP contribution in [0.2, 0.25) is 0 Å². The Morgan fingerprint density at radius 1 is 0.800 bits per heavy atom. The summed E-state index contributed by atoms with van der Waals surface area (Å²) in [5.41, 5.74) is 4.18. The number of para-hydroxylation sites is 2. The minimum atomic E-state index is -4.46. The van der Waals surface area contributed by atoms with Crippen molar-refractivity contribution in [1.29, 1.82) is 0 Å². The minimum Gasteiger partial charge on any atom is -1.00 e. The highest BCUT2D eigenvalue weighted by Crippen LogP contribution is 2.42. The molecule has 0 radical (unpaired) electrons. The zero-order chi connectivity index (χ0) is 20.0. The summed E-state index contributed by atoms with van der Waals surface area (Å²) >= 11 is 0. The summed E-state index contributed by atoms with van der Waals surface area (Å²) in [6.07, 6.45) is -0.885. The number of aromatic nitrogens is 1. The first-order valence-electron chi connectivity index (χ1n) is 9.20. The molecule has 1 aliphatic heterocycles. The molecule has 5 rings (SSSR count). The van der Waals surface area contributed by atoms with E-state index in [1.165, 1.54) is 6.07 Å². The fourth-order valence-electron chi connectivity index (χ4n) is 3.94.